The van der Waals surface area contributed by atoms with Gasteiger partial charge in [0.1, 0.15) is 23.2 Å². The van der Waals surface area contributed by atoms with E-state index in [1.54, 1.807) is 33.2 Å². The molecule has 0 saturated carbocycles. The van der Waals surface area contributed by atoms with Gasteiger partial charge in [0, 0.05) is 14.2 Å². The summed E-state index contributed by atoms with van der Waals surface area (Å²) in [4.78, 5) is 31.3. The van der Waals surface area contributed by atoms with Crippen molar-refractivity contribution in [1.29, 1.82) is 0 Å². The van der Waals surface area contributed by atoms with Crippen molar-refractivity contribution in [2.24, 2.45) is 0 Å². The lowest BCUT2D eigenvalue weighted by molar-refractivity contribution is 0.0775. The summed E-state index contributed by atoms with van der Waals surface area (Å²) >= 11 is 3.23. The van der Waals surface area contributed by atoms with Gasteiger partial charge in [0.15, 0.2) is 4.67 Å². The average molecular weight is 424 g/mol. The molecule has 3 rings (SSSR count). The number of methoxy groups -OCH3 is 1. The number of aryl methyl sites for hydroxylation is 1. The molecule has 0 spiro atoms. The molecule has 8 nitrogen and oxygen atoms in total. The van der Waals surface area contributed by atoms with E-state index in [0.29, 0.717) is 29.3 Å². The minimum absolute atomic E-state index is 0.152. The predicted octanol–water partition coefficient (Wildman–Crippen LogP) is 2.57. The second-order valence-electron chi connectivity index (χ2n) is 5.82. The first-order valence-corrected chi connectivity index (χ1v) is 8.68. The van der Waals surface area contributed by atoms with Crippen molar-refractivity contribution < 1.29 is 18.4 Å². The maximum atomic E-state index is 12.9. The van der Waals surface area contributed by atoms with Crippen molar-refractivity contribution in [3.8, 4) is 0 Å². The van der Waals surface area contributed by atoms with Crippen LogP contribution in [0, 0.1) is 6.92 Å². The van der Waals surface area contributed by atoms with Crippen LogP contribution >= 0.6 is 15.9 Å². The molecule has 0 saturated heterocycles. The zero-order valence-corrected chi connectivity index (χ0v) is 16.2. The van der Waals surface area contributed by atoms with Gasteiger partial charge in [-0.1, -0.05) is 0 Å². The van der Waals surface area contributed by atoms with Crippen LogP contribution in [0.25, 0.3) is 11.1 Å². The molecule has 0 unspecified atom stereocenters. The summed E-state index contributed by atoms with van der Waals surface area (Å²) in [5.74, 6) is 0.637. The van der Waals surface area contributed by atoms with Gasteiger partial charge in [0.05, 0.1) is 25.3 Å². The minimum atomic E-state index is -0.336. The molecule has 138 valence electrons. The van der Waals surface area contributed by atoms with E-state index < -0.39 is 0 Å². The van der Waals surface area contributed by atoms with Gasteiger partial charge in [0.2, 0.25) is 5.71 Å². The molecule has 3 heterocycles. The highest BCUT2D eigenvalue weighted by atomic mass is 79.9. The van der Waals surface area contributed by atoms with E-state index >= 15 is 0 Å². The highest BCUT2D eigenvalue weighted by Crippen LogP contribution is 2.23. The van der Waals surface area contributed by atoms with Crippen LogP contribution in [-0.2, 0) is 17.8 Å². The fraction of sp³-hybridized carbons (Fsp3) is 0.353. The summed E-state index contributed by atoms with van der Waals surface area (Å²) in [7, 11) is 3.19. The molecule has 0 bridgehead atoms. The number of hydrogen-bond acceptors (Lipinski definition) is 6. The summed E-state index contributed by atoms with van der Waals surface area (Å²) in [6.45, 7) is 2.60. The third-order valence-electron chi connectivity index (χ3n) is 3.97. The van der Waals surface area contributed by atoms with E-state index in [9.17, 15) is 9.59 Å². The number of amides is 1. The molecule has 3 aromatic heterocycles. The molecular formula is C17H18BrN3O5. The molecule has 0 aliphatic heterocycles. The highest BCUT2D eigenvalue weighted by Gasteiger charge is 2.25. The standard InChI is InChI=1S/C17H18BrN3O5/c1-10-13(16(22)20(2)8-11-4-5-12(18)26-11)14-15(25-10)19-9-21(17(14)23)6-7-24-3/h4-5,9H,6-8H2,1-3H3. The summed E-state index contributed by atoms with van der Waals surface area (Å²) in [6.07, 6.45) is 1.39. The van der Waals surface area contributed by atoms with Crippen LogP contribution < -0.4 is 5.56 Å². The molecule has 0 radical (unpaired) electrons. The van der Waals surface area contributed by atoms with Crippen molar-refractivity contribution in [3.63, 3.8) is 0 Å². The number of carbonyl (C=O) groups excluding carboxylic acids is 1. The first-order chi connectivity index (χ1) is 12.4. The maximum Gasteiger partial charge on any atom is 0.265 e. The third kappa shape index (κ3) is 3.45. The van der Waals surface area contributed by atoms with Gasteiger partial charge in [-0.3, -0.25) is 14.2 Å². The Bertz CT molecular complexity index is 1000. The van der Waals surface area contributed by atoms with Crippen molar-refractivity contribution in [3.05, 3.63) is 50.6 Å². The second-order valence-corrected chi connectivity index (χ2v) is 6.60. The lowest BCUT2D eigenvalue weighted by Crippen LogP contribution is -2.29. The maximum absolute atomic E-state index is 12.9. The lowest BCUT2D eigenvalue weighted by Gasteiger charge is -2.15. The Labute approximate surface area is 157 Å². The van der Waals surface area contributed by atoms with Crippen LogP contribution in [0.1, 0.15) is 21.9 Å². The van der Waals surface area contributed by atoms with Gasteiger partial charge in [-0.25, -0.2) is 4.98 Å². The van der Waals surface area contributed by atoms with Gasteiger partial charge < -0.3 is 18.5 Å². The smallest absolute Gasteiger partial charge is 0.265 e. The van der Waals surface area contributed by atoms with Gasteiger partial charge in [0.25, 0.3) is 11.5 Å². The molecule has 0 fully saturated rings. The van der Waals surface area contributed by atoms with E-state index in [1.165, 1.54) is 15.8 Å². The van der Waals surface area contributed by atoms with E-state index in [-0.39, 0.29) is 34.7 Å². The van der Waals surface area contributed by atoms with Crippen LogP contribution in [0.2, 0.25) is 0 Å². The lowest BCUT2D eigenvalue weighted by atomic mass is 10.1. The molecule has 3 aromatic rings. The quantitative estimate of drug-likeness (QED) is 0.604. The molecule has 0 aromatic carbocycles. The molecule has 0 aliphatic rings. The Balaban J connectivity index is 1.98. The van der Waals surface area contributed by atoms with Crippen molar-refractivity contribution in [2.45, 2.75) is 20.0 Å². The largest absolute Gasteiger partial charge is 0.452 e. The summed E-state index contributed by atoms with van der Waals surface area (Å²) in [5.41, 5.74) is 0.0393. The Morgan fingerprint density at radius 2 is 2.15 bits per heavy atom. The van der Waals surface area contributed by atoms with Crippen LogP contribution in [-0.4, -0.2) is 41.1 Å². The Kier molecular flexibility index (Phi) is 5.28. The van der Waals surface area contributed by atoms with E-state index in [4.69, 9.17) is 13.6 Å². The van der Waals surface area contributed by atoms with Gasteiger partial charge in [-0.15, -0.1) is 0 Å². The van der Waals surface area contributed by atoms with Crippen molar-refractivity contribution in [2.75, 3.05) is 20.8 Å². The first-order valence-electron chi connectivity index (χ1n) is 7.89. The monoisotopic (exact) mass is 423 g/mol. The number of hydrogen-bond donors (Lipinski definition) is 0. The fourth-order valence-electron chi connectivity index (χ4n) is 2.68. The first kappa shape index (κ1) is 18.4. The number of carbonyl (C=O) groups is 1. The van der Waals surface area contributed by atoms with Gasteiger partial charge in [-0.2, -0.15) is 0 Å². The molecule has 1 amide bonds. The number of aromatic nitrogens is 2. The zero-order valence-electron chi connectivity index (χ0n) is 14.6. The van der Waals surface area contributed by atoms with Crippen LogP contribution in [0.5, 0.6) is 0 Å². The van der Waals surface area contributed by atoms with Crippen molar-refractivity contribution >= 4 is 32.9 Å². The topological polar surface area (TPSA) is 90.7 Å². The Hall–Kier alpha value is -2.39. The van der Waals surface area contributed by atoms with E-state index in [2.05, 4.69) is 20.9 Å². The number of halogens is 1. The molecule has 0 aliphatic carbocycles. The summed E-state index contributed by atoms with van der Waals surface area (Å²) < 4.78 is 18.0. The number of fused-ring (bicyclic) bond motifs is 1. The molecule has 9 heteroatoms. The Morgan fingerprint density at radius 1 is 1.38 bits per heavy atom. The third-order valence-corrected chi connectivity index (χ3v) is 4.40. The van der Waals surface area contributed by atoms with Gasteiger partial charge >= 0.3 is 0 Å². The van der Waals surface area contributed by atoms with Crippen LogP contribution in [0.15, 0.2) is 36.8 Å². The zero-order chi connectivity index (χ0) is 18.8. The number of ether oxygens (including phenoxy) is 1. The van der Waals surface area contributed by atoms with Crippen molar-refractivity contribution in [1.82, 2.24) is 14.5 Å². The fourth-order valence-corrected chi connectivity index (χ4v) is 3.02. The van der Waals surface area contributed by atoms with Crippen LogP contribution in [0.4, 0.5) is 0 Å². The molecule has 0 N–H and O–H groups in total. The summed E-state index contributed by atoms with van der Waals surface area (Å²) in [5, 5.41) is 0.179. The second kappa shape index (κ2) is 7.46. The predicted molar refractivity (Wildman–Crippen MR) is 97.1 cm³/mol. The number of nitrogens with zero attached hydrogens (tertiary/aromatic N) is 3. The molecule has 0 atom stereocenters. The molecule has 26 heavy (non-hydrogen) atoms. The SMILES string of the molecule is COCCn1cnc2oc(C)c(C(=O)N(C)Cc3ccc(Br)o3)c2c1=O. The Morgan fingerprint density at radius 3 is 2.81 bits per heavy atom. The van der Waals surface area contributed by atoms with E-state index in [0.717, 1.165) is 0 Å². The minimum Gasteiger partial charge on any atom is -0.452 e. The van der Waals surface area contributed by atoms with Gasteiger partial charge in [-0.05, 0) is 35.0 Å². The van der Waals surface area contributed by atoms with Crippen LogP contribution in [0.3, 0.4) is 0 Å². The number of rotatable bonds is 6. The number of furan rings is 2. The summed E-state index contributed by atoms with van der Waals surface area (Å²) in [6, 6.07) is 3.53. The highest BCUT2D eigenvalue weighted by molar-refractivity contribution is 9.10. The molecular weight excluding hydrogens is 406 g/mol. The normalized spacial score (nSPS) is 11.2. The average Bonchev–Trinajstić information content (AvgIpc) is 3.16. The van der Waals surface area contributed by atoms with E-state index in [1.807, 2.05) is 0 Å².